The standard InChI is InChI=1S/C28H31F3O2S/c1-2-3-4-5-6-9-14-23-19-21-26(22-20-23)34(24-15-10-7-11-16-24,25-17-12-8-13-18-25)33-27(32)28(29,30)31/h7-8,10-13,15-22H,2-6,9,14H2,1H3. The fourth-order valence-electron chi connectivity index (χ4n) is 3.89. The zero-order valence-electron chi connectivity index (χ0n) is 19.4. The number of benzene rings is 3. The first-order valence-corrected chi connectivity index (χ1v) is 13.3. The van der Waals surface area contributed by atoms with Crippen molar-refractivity contribution in [3.8, 4) is 0 Å². The van der Waals surface area contributed by atoms with E-state index in [4.69, 9.17) is 4.18 Å². The molecule has 0 N–H and O–H groups in total. The molecular formula is C28H31F3O2S. The summed E-state index contributed by atoms with van der Waals surface area (Å²) in [7, 11) is -2.94. The molecule has 3 aromatic rings. The van der Waals surface area contributed by atoms with Gasteiger partial charge in [0.15, 0.2) is 0 Å². The summed E-state index contributed by atoms with van der Waals surface area (Å²) in [5.74, 6) is -2.19. The summed E-state index contributed by atoms with van der Waals surface area (Å²) in [6, 6.07) is 24.9. The normalized spacial score (nSPS) is 12.4. The third-order valence-electron chi connectivity index (χ3n) is 5.66. The van der Waals surface area contributed by atoms with Crippen LogP contribution in [0.3, 0.4) is 0 Å². The molecule has 0 aliphatic rings. The highest BCUT2D eigenvalue weighted by atomic mass is 32.3. The van der Waals surface area contributed by atoms with Crippen molar-refractivity contribution in [3.63, 3.8) is 0 Å². The minimum absolute atomic E-state index is 0.530. The molecule has 0 saturated heterocycles. The van der Waals surface area contributed by atoms with Crippen molar-refractivity contribution in [3.05, 3.63) is 90.5 Å². The molecule has 6 heteroatoms. The summed E-state index contributed by atoms with van der Waals surface area (Å²) in [4.78, 5) is 13.8. The van der Waals surface area contributed by atoms with E-state index >= 15 is 0 Å². The Hall–Kier alpha value is -2.73. The molecule has 0 aromatic heterocycles. The number of carbonyl (C=O) groups excluding carboxylic acids is 1. The third kappa shape index (κ3) is 6.44. The molecule has 3 aromatic carbocycles. The van der Waals surface area contributed by atoms with Crippen LogP contribution in [-0.2, 0) is 15.4 Å². The number of hydrogen-bond donors (Lipinski definition) is 0. The van der Waals surface area contributed by atoms with Crippen LogP contribution in [0.5, 0.6) is 0 Å². The summed E-state index contributed by atoms with van der Waals surface area (Å²) in [6.07, 6.45) is 2.99. The monoisotopic (exact) mass is 488 g/mol. The number of aryl methyl sites for hydroxylation is 1. The van der Waals surface area contributed by atoms with Crippen LogP contribution in [0.15, 0.2) is 99.6 Å². The second-order valence-corrected chi connectivity index (χ2v) is 10.9. The Kier molecular flexibility index (Phi) is 9.22. The van der Waals surface area contributed by atoms with Gasteiger partial charge in [0.2, 0.25) is 0 Å². The van der Waals surface area contributed by atoms with Crippen molar-refractivity contribution >= 4 is 16.3 Å². The zero-order chi connectivity index (χ0) is 24.4. The van der Waals surface area contributed by atoms with E-state index in [1.807, 2.05) is 24.3 Å². The molecule has 0 unspecified atom stereocenters. The lowest BCUT2D eigenvalue weighted by Crippen LogP contribution is -2.27. The Morgan fingerprint density at radius 2 is 1.18 bits per heavy atom. The second-order valence-electron chi connectivity index (χ2n) is 8.21. The van der Waals surface area contributed by atoms with E-state index in [0.717, 1.165) is 24.8 Å². The topological polar surface area (TPSA) is 26.3 Å². The van der Waals surface area contributed by atoms with Crippen LogP contribution >= 0.6 is 10.3 Å². The van der Waals surface area contributed by atoms with Gasteiger partial charge in [-0.1, -0.05) is 87.6 Å². The van der Waals surface area contributed by atoms with Crippen molar-refractivity contribution in [2.45, 2.75) is 72.7 Å². The summed E-state index contributed by atoms with van der Waals surface area (Å²) in [5, 5.41) is 0. The van der Waals surface area contributed by atoms with Gasteiger partial charge in [0.05, 0.1) is 0 Å². The van der Waals surface area contributed by atoms with E-state index in [-0.39, 0.29) is 0 Å². The van der Waals surface area contributed by atoms with Crippen LogP contribution < -0.4 is 0 Å². The lowest BCUT2D eigenvalue weighted by atomic mass is 10.1. The fraction of sp³-hybridized carbons (Fsp3) is 0.321. The highest BCUT2D eigenvalue weighted by Gasteiger charge is 2.47. The maximum Gasteiger partial charge on any atom is 0.491 e. The van der Waals surface area contributed by atoms with Crippen LogP contribution in [0.2, 0.25) is 0 Å². The smallest absolute Gasteiger partial charge is 0.395 e. The van der Waals surface area contributed by atoms with Crippen molar-refractivity contribution in [2.75, 3.05) is 0 Å². The lowest BCUT2D eigenvalue weighted by Gasteiger charge is -2.39. The van der Waals surface area contributed by atoms with Crippen LogP contribution in [0.4, 0.5) is 13.2 Å². The van der Waals surface area contributed by atoms with E-state index < -0.39 is 22.5 Å². The summed E-state index contributed by atoms with van der Waals surface area (Å²) in [6.45, 7) is 2.19. The van der Waals surface area contributed by atoms with Crippen molar-refractivity contribution in [1.82, 2.24) is 0 Å². The number of alkyl halides is 3. The van der Waals surface area contributed by atoms with Gasteiger partial charge in [-0.25, -0.2) is 4.79 Å². The molecule has 0 fully saturated rings. The Labute approximate surface area is 201 Å². The molecule has 34 heavy (non-hydrogen) atoms. The minimum Gasteiger partial charge on any atom is -0.395 e. The van der Waals surface area contributed by atoms with Crippen molar-refractivity contribution in [2.24, 2.45) is 0 Å². The van der Waals surface area contributed by atoms with Crippen LogP contribution in [0, 0.1) is 0 Å². The molecule has 0 bridgehead atoms. The second kappa shape index (κ2) is 12.1. The maximum atomic E-state index is 13.4. The molecule has 0 heterocycles. The van der Waals surface area contributed by atoms with E-state index in [0.29, 0.717) is 14.7 Å². The molecule has 0 amide bonds. The minimum atomic E-state index is -5.10. The third-order valence-corrected chi connectivity index (χ3v) is 8.87. The number of halogens is 3. The summed E-state index contributed by atoms with van der Waals surface area (Å²) >= 11 is 0. The van der Waals surface area contributed by atoms with E-state index in [1.165, 1.54) is 25.7 Å². The molecule has 0 atom stereocenters. The van der Waals surface area contributed by atoms with E-state index in [2.05, 4.69) is 6.92 Å². The molecule has 0 spiro atoms. The Bertz CT molecular complexity index is 980. The van der Waals surface area contributed by atoms with Crippen LogP contribution in [0.1, 0.15) is 51.0 Å². The molecule has 2 nitrogen and oxygen atoms in total. The number of hydrogen-bond acceptors (Lipinski definition) is 2. The lowest BCUT2D eigenvalue weighted by molar-refractivity contribution is -0.188. The SMILES string of the molecule is CCCCCCCCc1ccc(S(OC(=O)C(F)(F)F)(c2ccccc2)c2ccccc2)cc1. The molecule has 0 radical (unpaired) electrons. The molecule has 0 aliphatic heterocycles. The zero-order valence-corrected chi connectivity index (χ0v) is 20.2. The van der Waals surface area contributed by atoms with E-state index in [1.54, 1.807) is 60.7 Å². The Balaban J connectivity index is 1.97. The van der Waals surface area contributed by atoms with Gasteiger partial charge in [-0.2, -0.15) is 13.2 Å². The van der Waals surface area contributed by atoms with Gasteiger partial charge in [-0.15, -0.1) is 0 Å². The largest absolute Gasteiger partial charge is 0.491 e. The van der Waals surface area contributed by atoms with Crippen LogP contribution in [-0.4, -0.2) is 12.1 Å². The van der Waals surface area contributed by atoms with Gasteiger partial charge in [-0.05, 0) is 65.1 Å². The average molecular weight is 489 g/mol. The first kappa shape index (κ1) is 25.9. The van der Waals surface area contributed by atoms with Crippen molar-refractivity contribution in [1.29, 1.82) is 0 Å². The highest BCUT2D eigenvalue weighted by Crippen LogP contribution is 2.69. The maximum absolute atomic E-state index is 13.4. The summed E-state index contributed by atoms with van der Waals surface area (Å²) < 4.78 is 45.6. The van der Waals surface area contributed by atoms with Gasteiger partial charge >= 0.3 is 12.1 Å². The fourth-order valence-corrected chi connectivity index (χ4v) is 6.92. The molecule has 0 aliphatic carbocycles. The van der Waals surface area contributed by atoms with Gasteiger partial charge < -0.3 is 4.18 Å². The Morgan fingerprint density at radius 1 is 0.706 bits per heavy atom. The van der Waals surface area contributed by atoms with Gasteiger partial charge in [0.1, 0.15) is 0 Å². The van der Waals surface area contributed by atoms with Gasteiger partial charge in [0, 0.05) is 14.7 Å². The number of rotatable bonds is 11. The van der Waals surface area contributed by atoms with Crippen molar-refractivity contribution < 1.29 is 22.1 Å². The van der Waals surface area contributed by atoms with Crippen LogP contribution in [0.25, 0.3) is 0 Å². The predicted octanol–water partition coefficient (Wildman–Crippen LogP) is 8.89. The molecule has 182 valence electrons. The predicted molar refractivity (Wildman–Crippen MR) is 131 cm³/mol. The highest BCUT2D eigenvalue weighted by molar-refractivity contribution is 8.30. The number of unbranched alkanes of at least 4 members (excludes halogenated alkanes) is 5. The van der Waals surface area contributed by atoms with Gasteiger partial charge in [0.25, 0.3) is 0 Å². The summed E-state index contributed by atoms with van der Waals surface area (Å²) in [5.41, 5.74) is 1.12. The van der Waals surface area contributed by atoms with E-state index in [9.17, 15) is 18.0 Å². The quantitative estimate of drug-likeness (QED) is 0.252. The average Bonchev–Trinajstić information content (AvgIpc) is 2.85. The first-order valence-electron chi connectivity index (χ1n) is 11.7. The molecule has 3 rings (SSSR count). The number of carbonyl (C=O) groups is 1. The molecule has 0 saturated carbocycles. The first-order chi connectivity index (χ1) is 16.4. The molecular weight excluding hydrogens is 457 g/mol. The Morgan fingerprint density at radius 3 is 1.68 bits per heavy atom. The van der Waals surface area contributed by atoms with Gasteiger partial charge in [-0.3, -0.25) is 0 Å².